The summed E-state index contributed by atoms with van der Waals surface area (Å²) in [6, 6.07) is 4.29. The summed E-state index contributed by atoms with van der Waals surface area (Å²) < 4.78 is 5.45. The number of rotatable bonds is 3. The van der Waals surface area contributed by atoms with Gasteiger partial charge in [0.1, 0.15) is 18.0 Å². The lowest BCUT2D eigenvalue weighted by atomic mass is 10.1. The molecule has 0 aromatic heterocycles. The van der Waals surface area contributed by atoms with Gasteiger partial charge in [0.25, 0.3) is 5.69 Å². The summed E-state index contributed by atoms with van der Waals surface area (Å²) >= 11 is 0. The molecule has 0 saturated carbocycles. The molecule has 1 aliphatic heterocycles. The Bertz CT molecular complexity index is 493. The van der Waals surface area contributed by atoms with Gasteiger partial charge in [0, 0.05) is 18.7 Å². The number of β-amino-alcohol motifs (C(OH)–C–C–N with tert-alkyl or cyclic N) is 1. The highest BCUT2D eigenvalue weighted by atomic mass is 16.6. The van der Waals surface area contributed by atoms with Crippen molar-refractivity contribution in [2.24, 2.45) is 0 Å². The Labute approximate surface area is 110 Å². The normalized spacial score (nSPS) is 22.4. The number of aliphatic hydroxyl groups is 2. The van der Waals surface area contributed by atoms with Gasteiger partial charge in [-0.05, 0) is 13.0 Å². The molecular weight excluding hydrogens is 252 g/mol. The van der Waals surface area contributed by atoms with Crippen molar-refractivity contribution < 1.29 is 19.9 Å². The fourth-order valence-electron chi connectivity index (χ4n) is 2.06. The van der Waals surface area contributed by atoms with Crippen LogP contribution in [0.5, 0.6) is 5.75 Å². The van der Waals surface area contributed by atoms with Gasteiger partial charge in [-0.2, -0.15) is 0 Å². The highest BCUT2D eigenvalue weighted by Gasteiger charge is 2.34. The zero-order valence-electron chi connectivity index (χ0n) is 10.6. The Morgan fingerprint density at radius 3 is 2.89 bits per heavy atom. The minimum absolute atomic E-state index is 0.0322. The first kappa shape index (κ1) is 13.6. The van der Waals surface area contributed by atoms with Gasteiger partial charge >= 0.3 is 0 Å². The first-order valence-corrected chi connectivity index (χ1v) is 5.98. The Kier molecular flexibility index (Phi) is 3.59. The quantitative estimate of drug-likeness (QED) is 0.613. The van der Waals surface area contributed by atoms with E-state index in [0.717, 1.165) is 0 Å². The molecule has 1 atom stereocenters. The van der Waals surface area contributed by atoms with Gasteiger partial charge in [-0.15, -0.1) is 0 Å². The predicted molar refractivity (Wildman–Crippen MR) is 68.5 cm³/mol. The van der Waals surface area contributed by atoms with Crippen molar-refractivity contribution in [2.45, 2.75) is 12.5 Å². The summed E-state index contributed by atoms with van der Waals surface area (Å²) in [6.07, 6.45) is 0. The Hall–Kier alpha value is -1.86. The number of hydrogen-bond donors (Lipinski definition) is 2. The van der Waals surface area contributed by atoms with Gasteiger partial charge in [0.2, 0.25) is 0 Å². The molecule has 1 aromatic rings. The van der Waals surface area contributed by atoms with E-state index in [2.05, 4.69) is 0 Å². The lowest BCUT2D eigenvalue weighted by molar-refractivity contribution is -0.384. The molecule has 0 spiro atoms. The van der Waals surface area contributed by atoms with Crippen molar-refractivity contribution in [3.05, 3.63) is 28.3 Å². The lowest BCUT2D eigenvalue weighted by Crippen LogP contribution is -2.48. The third-order valence-electron chi connectivity index (χ3n) is 3.15. The van der Waals surface area contributed by atoms with Crippen LogP contribution in [0.3, 0.4) is 0 Å². The van der Waals surface area contributed by atoms with Crippen molar-refractivity contribution in [3.8, 4) is 5.75 Å². The van der Waals surface area contributed by atoms with Crippen LogP contribution in [0, 0.1) is 10.1 Å². The number of likely N-dealkylation sites (N-methyl/N-ethyl adjacent to an activating group) is 1. The van der Waals surface area contributed by atoms with Crippen LogP contribution in [0.2, 0.25) is 0 Å². The molecule has 1 aliphatic rings. The summed E-state index contributed by atoms with van der Waals surface area (Å²) in [6.45, 7) is 2.09. The summed E-state index contributed by atoms with van der Waals surface area (Å²) in [5, 5.41) is 30.2. The monoisotopic (exact) mass is 268 g/mol. The molecule has 104 valence electrons. The van der Waals surface area contributed by atoms with Crippen LogP contribution >= 0.6 is 0 Å². The van der Waals surface area contributed by atoms with Gasteiger partial charge in [-0.25, -0.2) is 0 Å². The summed E-state index contributed by atoms with van der Waals surface area (Å²) in [5.41, 5.74) is -0.847. The SMILES string of the molecule is CCN1CC(O)(CO)COc2ccc([N+](=O)[O-])cc21. The molecule has 1 heterocycles. The molecule has 2 rings (SSSR count). The molecule has 0 amide bonds. The van der Waals surface area contributed by atoms with Crippen molar-refractivity contribution in [3.63, 3.8) is 0 Å². The van der Waals surface area contributed by atoms with Crippen molar-refractivity contribution in [1.82, 2.24) is 0 Å². The number of nitro groups is 1. The van der Waals surface area contributed by atoms with Crippen molar-refractivity contribution in [2.75, 3.05) is 31.2 Å². The Morgan fingerprint density at radius 2 is 2.32 bits per heavy atom. The number of ether oxygens (including phenoxy) is 1. The maximum atomic E-state index is 10.8. The van der Waals surface area contributed by atoms with E-state index in [0.29, 0.717) is 18.0 Å². The molecule has 0 aliphatic carbocycles. The largest absolute Gasteiger partial charge is 0.488 e. The minimum atomic E-state index is -1.37. The number of non-ortho nitro benzene ring substituents is 1. The molecule has 7 nitrogen and oxygen atoms in total. The van der Waals surface area contributed by atoms with Crippen LogP contribution in [0.4, 0.5) is 11.4 Å². The van der Waals surface area contributed by atoms with Gasteiger partial charge < -0.3 is 19.8 Å². The topological polar surface area (TPSA) is 96.1 Å². The fourth-order valence-corrected chi connectivity index (χ4v) is 2.06. The molecule has 7 heteroatoms. The maximum Gasteiger partial charge on any atom is 0.271 e. The maximum absolute atomic E-state index is 10.8. The van der Waals surface area contributed by atoms with Crippen LogP contribution in [-0.2, 0) is 0 Å². The van der Waals surface area contributed by atoms with E-state index in [1.807, 2.05) is 6.92 Å². The number of anilines is 1. The molecule has 1 aromatic carbocycles. The van der Waals surface area contributed by atoms with Crippen molar-refractivity contribution >= 4 is 11.4 Å². The van der Waals surface area contributed by atoms with Crippen LogP contribution in [0.15, 0.2) is 18.2 Å². The highest BCUT2D eigenvalue weighted by molar-refractivity contribution is 5.64. The zero-order valence-corrected chi connectivity index (χ0v) is 10.6. The van der Waals surface area contributed by atoms with E-state index in [1.165, 1.54) is 18.2 Å². The lowest BCUT2D eigenvalue weighted by Gasteiger charge is -2.29. The van der Waals surface area contributed by atoms with E-state index >= 15 is 0 Å². The summed E-state index contributed by atoms with van der Waals surface area (Å²) in [5.74, 6) is 0.469. The number of nitro benzene ring substituents is 1. The summed E-state index contributed by atoms with van der Waals surface area (Å²) in [4.78, 5) is 12.1. The van der Waals surface area contributed by atoms with Crippen LogP contribution in [0.1, 0.15) is 6.92 Å². The van der Waals surface area contributed by atoms with Gasteiger partial charge in [-0.3, -0.25) is 10.1 Å². The molecule has 0 saturated heterocycles. The minimum Gasteiger partial charge on any atom is -0.488 e. The van der Waals surface area contributed by atoms with Gasteiger partial charge in [-0.1, -0.05) is 0 Å². The van der Waals surface area contributed by atoms with Crippen LogP contribution < -0.4 is 9.64 Å². The highest BCUT2D eigenvalue weighted by Crippen LogP contribution is 2.35. The number of hydrogen-bond acceptors (Lipinski definition) is 6. The first-order valence-electron chi connectivity index (χ1n) is 5.98. The third-order valence-corrected chi connectivity index (χ3v) is 3.15. The number of benzene rings is 1. The average Bonchev–Trinajstić information content (AvgIpc) is 2.56. The smallest absolute Gasteiger partial charge is 0.271 e. The van der Waals surface area contributed by atoms with Gasteiger partial charge in [0.05, 0.1) is 23.8 Å². The van der Waals surface area contributed by atoms with E-state index in [9.17, 15) is 20.3 Å². The average molecular weight is 268 g/mol. The molecule has 0 bridgehead atoms. The molecular formula is C12H16N2O5. The van der Waals surface area contributed by atoms with Crippen molar-refractivity contribution in [1.29, 1.82) is 0 Å². The first-order chi connectivity index (χ1) is 8.99. The Morgan fingerprint density at radius 1 is 1.58 bits per heavy atom. The molecule has 2 N–H and O–H groups in total. The second-order valence-electron chi connectivity index (χ2n) is 4.59. The van der Waals surface area contributed by atoms with E-state index < -0.39 is 17.1 Å². The number of aliphatic hydroxyl groups excluding tert-OH is 1. The molecule has 0 radical (unpaired) electrons. The van der Waals surface area contributed by atoms with E-state index in [1.54, 1.807) is 4.90 Å². The molecule has 0 fully saturated rings. The van der Waals surface area contributed by atoms with E-state index in [-0.39, 0.29) is 18.8 Å². The number of fused-ring (bicyclic) bond motifs is 1. The number of nitrogens with zero attached hydrogens (tertiary/aromatic N) is 2. The standard InChI is InChI=1S/C12H16N2O5/c1-2-13-6-12(16,7-15)8-19-11-4-3-9(14(17)18)5-10(11)13/h3-5,15-16H,2,6-8H2,1H3. The zero-order chi connectivity index (χ0) is 14.0. The summed E-state index contributed by atoms with van der Waals surface area (Å²) in [7, 11) is 0. The van der Waals surface area contributed by atoms with Crippen LogP contribution in [0.25, 0.3) is 0 Å². The fraction of sp³-hybridized carbons (Fsp3) is 0.500. The van der Waals surface area contributed by atoms with E-state index in [4.69, 9.17) is 4.74 Å². The Balaban J connectivity index is 2.43. The third kappa shape index (κ3) is 2.61. The molecule has 1 unspecified atom stereocenters. The van der Waals surface area contributed by atoms with Gasteiger partial charge in [0.15, 0.2) is 0 Å². The second kappa shape index (κ2) is 5.02. The van der Waals surface area contributed by atoms with Crippen LogP contribution in [-0.4, -0.2) is 47.0 Å². The second-order valence-corrected chi connectivity index (χ2v) is 4.59. The molecule has 19 heavy (non-hydrogen) atoms. The predicted octanol–water partition coefficient (Wildman–Crippen LogP) is 0.537.